The van der Waals surface area contributed by atoms with Crippen LogP contribution in [-0.2, 0) is 7.05 Å². The van der Waals surface area contributed by atoms with Gasteiger partial charge in [0.25, 0.3) is 0 Å². The van der Waals surface area contributed by atoms with Crippen LogP contribution < -0.4 is 4.74 Å². The molecule has 1 heterocycles. The first-order valence-electron chi connectivity index (χ1n) is 4.36. The first kappa shape index (κ1) is 8.81. The van der Waals surface area contributed by atoms with Gasteiger partial charge in [0.2, 0.25) is 5.88 Å². The van der Waals surface area contributed by atoms with Crippen LogP contribution in [0.15, 0.2) is 24.3 Å². The van der Waals surface area contributed by atoms with Crippen molar-refractivity contribution in [2.45, 2.75) is 0 Å². The predicted octanol–water partition coefficient (Wildman–Crippen LogP) is 2.00. The SMILES string of the molecule is COc1c(C=O)c2ccccc2n1C. The predicted molar refractivity (Wildman–Crippen MR) is 54.9 cm³/mol. The topological polar surface area (TPSA) is 31.2 Å². The fraction of sp³-hybridized carbons (Fsp3) is 0.182. The first-order chi connectivity index (χ1) is 6.79. The van der Waals surface area contributed by atoms with Gasteiger partial charge >= 0.3 is 0 Å². The number of rotatable bonds is 2. The molecule has 0 saturated carbocycles. The number of hydrogen-bond donors (Lipinski definition) is 0. The summed E-state index contributed by atoms with van der Waals surface area (Å²) in [6, 6.07) is 7.73. The highest BCUT2D eigenvalue weighted by Crippen LogP contribution is 2.28. The molecule has 3 nitrogen and oxygen atoms in total. The number of benzene rings is 1. The van der Waals surface area contributed by atoms with E-state index < -0.39 is 0 Å². The Morgan fingerprint density at radius 2 is 2.07 bits per heavy atom. The van der Waals surface area contributed by atoms with Gasteiger partial charge in [-0.1, -0.05) is 18.2 Å². The van der Waals surface area contributed by atoms with Gasteiger partial charge in [-0.05, 0) is 6.07 Å². The highest BCUT2D eigenvalue weighted by Gasteiger charge is 2.13. The lowest BCUT2D eigenvalue weighted by molar-refractivity contribution is 0.112. The second-order valence-corrected chi connectivity index (χ2v) is 3.12. The Kier molecular flexibility index (Phi) is 2.00. The van der Waals surface area contributed by atoms with Gasteiger partial charge in [-0.3, -0.25) is 4.79 Å². The minimum atomic E-state index is 0.612. The number of carbonyl (C=O) groups excluding carboxylic acids is 1. The molecule has 0 aliphatic rings. The molecule has 0 bridgehead atoms. The third-order valence-corrected chi connectivity index (χ3v) is 2.40. The average molecular weight is 189 g/mol. The molecule has 0 atom stereocenters. The molecule has 0 fully saturated rings. The normalized spacial score (nSPS) is 10.4. The van der Waals surface area contributed by atoms with E-state index >= 15 is 0 Å². The molecule has 0 aliphatic heterocycles. The van der Waals surface area contributed by atoms with Crippen LogP contribution in [0, 0.1) is 0 Å². The highest BCUT2D eigenvalue weighted by atomic mass is 16.5. The molecule has 3 heteroatoms. The van der Waals surface area contributed by atoms with Gasteiger partial charge in [-0.25, -0.2) is 0 Å². The standard InChI is InChI=1S/C11H11NO2/c1-12-10-6-4-3-5-8(10)9(7-13)11(12)14-2/h3-7H,1-2H3. The largest absolute Gasteiger partial charge is 0.482 e. The average Bonchev–Trinajstić information content (AvgIpc) is 2.51. The van der Waals surface area contributed by atoms with Crippen molar-refractivity contribution >= 4 is 17.2 Å². The summed E-state index contributed by atoms with van der Waals surface area (Å²) in [5.74, 6) is 0.612. The van der Waals surface area contributed by atoms with Crippen LogP contribution in [0.2, 0.25) is 0 Å². The number of hydrogen-bond acceptors (Lipinski definition) is 2. The maximum atomic E-state index is 10.9. The monoisotopic (exact) mass is 189 g/mol. The summed E-state index contributed by atoms with van der Waals surface area (Å²) in [4.78, 5) is 10.9. The van der Waals surface area contributed by atoms with E-state index in [1.807, 2.05) is 35.9 Å². The molecule has 0 amide bonds. The van der Waals surface area contributed by atoms with Crippen LogP contribution in [0.3, 0.4) is 0 Å². The first-order valence-corrected chi connectivity index (χ1v) is 4.36. The van der Waals surface area contributed by atoms with Crippen molar-refractivity contribution in [2.24, 2.45) is 7.05 Å². The van der Waals surface area contributed by atoms with Gasteiger partial charge in [-0.15, -0.1) is 0 Å². The third-order valence-electron chi connectivity index (χ3n) is 2.40. The molecule has 72 valence electrons. The Bertz CT molecular complexity index is 485. The fourth-order valence-electron chi connectivity index (χ4n) is 1.76. The van der Waals surface area contributed by atoms with Crippen molar-refractivity contribution in [1.29, 1.82) is 0 Å². The number of fused-ring (bicyclic) bond motifs is 1. The van der Waals surface area contributed by atoms with Crippen LogP contribution in [0.25, 0.3) is 10.9 Å². The van der Waals surface area contributed by atoms with E-state index in [1.54, 1.807) is 7.11 Å². The molecular formula is C11H11NO2. The minimum Gasteiger partial charge on any atom is -0.482 e. The Labute approximate surface area is 81.9 Å². The smallest absolute Gasteiger partial charge is 0.204 e. The molecule has 2 aromatic rings. The summed E-state index contributed by atoms with van der Waals surface area (Å²) >= 11 is 0. The molecule has 0 N–H and O–H groups in total. The van der Waals surface area contributed by atoms with E-state index in [-0.39, 0.29) is 0 Å². The molecule has 2 rings (SSSR count). The molecule has 1 aromatic heterocycles. The summed E-state index contributed by atoms with van der Waals surface area (Å²) in [7, 11) is 3.45. The van der Waals surface area contributed by atoms with E-state index in [0.717, 1.165) is 17.2 Å². The van der Waals surface area contributed by atoms with Gasteiger partial charge in [0.15, 0.2) is 6.29 Å². The molecule has 0 saturated heterocycles. The number of methoxy groups -OCH3 is 1. The molecule has 0 radical (unpaired) electrons. The fourth-order valence-corrected chi connectivity index (χ4v) is 1.76. The highest BCUT2D eigenvalue weighted by molar-refractivity contribution is 6.00. The quantitative estimate of drug-likeness (QED) is 0.676. The van der Waals surface area contributed by atoms with E-state index in [2.05, 4.69) is 0 Å². The van der Waals surface area contributed by atoms with Crippen molar-refractivity contribution in [3.8, 4) is 5.88 Å². The second-order valence-electron chi connectivity index (χ2n) is 3.12. The second kappa shape index (κ2) is 3.18. The number of nitrogens with zero attached hydrogens (tertiary/aromatic N) is 1. The Hall–Kier alpha value is -1.77. The Morgan fingerprint density at radius 1 is 1.36 bits per heavy atom. The number of para-hydroxylation sites is 1. The molecule has 0 aliphatic carbocycles. The van der Waals surface area contributed by atoms with Crippen molar-refractivity contribution in [3.63, 3.8) is 0 Å². The van der Waals surface area contributed by atoms with Gasteiger partial charge in [0.05, 0.1) is 18.2 Å². The van der Waals surface area contributed by atoms with E-state index in [1.165, 1.54) is 0 Å². The minimum absolute atomic E-state index is 0.612. The van der Waals surface area contributed by atoms with Crippen molar-refractivity contribution in [1.82, 2.24) is 4.57 Å². The molecule has 0 spiro atoms. The van der Waals surface area contributed by atoms with Crippen molar-refractivity contribution in [3.05, 3.63) is 29.8 Å². The number of aromatic nitrogens is 1. The molecular weight excluding hydrogens is 178 g/mol. The lowest BCUT2D eigenvalue weighted by Crippen LogP contribution is -1.94. The summed E-state index contributed by atoms with van der Waals surface area (Å²) in [6.45, 7) is 0. The number of ether oxygens (including phenoxy) is 1. The lowest BCUT2D eigenvalue weighted by atomic mass is 10.2. The lowest BCUT2D eigenvalue weighted by Gasteiger charge is -2.01. The van der Waals surface area contributed by atoms with Gasteiger partial charge < -0.3 is 9.30 Å². The van der Waals surface area contributed by atoms with Gasteiger partial charge in [0.1, 0.15) is 0 Å². The zero-order valence-corrected chi connectivity index (χ0v) is 8.15. The van der Waals surface area contributed by atoms with Gasteiger partial charge in [-0.2, -0.15) is 0 Å². The summed E-state index contributed by atoms with van der Waals surface area (Å²) in [6.07, 6.45) is 0.834. The number of carbonyl (C=O) groups is 1. The van der Waals surface area contributed by atoms with Crippen LogP contribution in [0.4, 0.5) is 0 Å². The van der Waals surface area contributed by atoms with E-state index in [0.29, 0.717) is 11.4 Å². The summed E-state index contributed by atoms with van der Waals surface area (Å²) in [5.41, 5.74) is 1.62. The van der Waals surface area contributed by atoms with Crippen LogP contribution in [0.5, 0.6) is 5.88 Å². The van der Waals surface area contributed by atoms with E-state index in [9.17, 15) is 4.79 Å². The summed E-state index contributed by atoms with van der Waals surface area (Å²) < 4.78 is 7.06. The molecule has 14 heavy (non-hydrogen) atoms. The number of aldehydes is 1. The maximum Gasteiger partial charge on any atom is 0.204 e. The van der Waals surface area contributed by atoms with Gasteiger partial charge in [0, 0.05) is 12.4 Å². The molecule has 0 unspecified atom stereocenters. The van der Waals surface area contributed by atoms with Crippen LogP contribution in [0.1, 0.15) is 10.4 Å². The Morgan fingerprint density at radius 3 is 2.71 bits per heavy atom. The van der Waals surface area contributed by atoms with Crippen molar-refractivity contribution < 1.29 is 9.53 Å². The maximum absolute atomic E-state index is 10.9. The third kappa shape index (κ3) is 1.02. The van der Waals surface area contributed by atoms with Crippen LogP contribution in [-0.4, -0.2) is 18.0 Å². The van der Waals surface area contributed by atoms with Crippen LogP contribution >= 0.6 is 0 Å². The Balaban J connectivity index is 2.91. The summed E-state index contributed by atoms with van der Waals surface area (Å²) in [5, 5.41) is 0.932. The molecule has 1 aromatic carbocycles. The van der Waals surface area contributed by atoms with Crippen molar-refractivity contribution in [2.75, 3.05) is 7.11 Å². The zero-order valence-electron chi connectivity index (χ0n) is 8.15. The van der Waals surface area contributed by atoms with E-state index in [4.69, 9.17) is 4.74 Å². The number of aryl methyl sites for hydroxylation is 1. The zero-order chi connectivity index (χ0) is 10.1.